The lowest BCUT2D eigenvalue weighted by Crippen LogP contribution is -2.16. The number of hydrogen-bond acceptors (Lipinski definition) is 9. The minimum Gasteiger partial charge on any atom is -0.441 e. The summed E-state index contributed by atoms with van der Waals surface area (Å²) in [5, 5.41) is 12.9. The number of ether oxygens (including phenoxy) is 1. The number of aliphatic hydroxyl groups is 1. The molecule has 10 heteroatoms. The molecule has 1 aliphatic carbocycles. The Hall–Kier alpha value is -4.62. The summed E-state index contributed by atoms with van der Waals surface area (Å²) in [6, 6.07) is 12.9. The van der Waals surface area contributed by atoms with Crippen LogP contribution in [0.4, 0.5) is 10.5 Å². The van der Waals surface area contributed by atoms with Gasteiger partial charge in [0.15, 0.2) is 0 Å². The predicted molar refractivity (Wildman–Crippen MR) is 127 cm³/mol. The topological polar surface area (TPSA) is 137 Å². The van der Waals surface area contributed by atoms with E-state index in [0.717, 1.165) is 18.4 Å². The number of pyridine rings is 1. The number of aromatic nitrogens is 3. The monoisotopic (exact) mass is 484 g/mol. The molecular weight excluding hydrogens is 464 g/mol. The van der Waals surface area contributed by atoms with Crippen LogP contribution in [0.15, 0.2) is 61.9 Å². The van der Waals surface area contributed by atoms with E-state index >= 15 is 0 Å². The summed E-state index contributed by atoms with van der Waals surface area (Å²) in [4.78, 5) is 25.4. The fourth-order valence-electron chi connectivity index (χ4n) is 3.85. The summed E-state index contributed by atoms with van der Waals surface area (Å²) in [6.07, 6.45) is 2.07. The van der Waals surface area contributed by atoms with E-state index < -0.39 is 17.6 Å². The summed E-state index contributed by atoms with van der Waals surface area (Å²) in [5.41, 5.74) is 1.48. The number of amides is 1. The minimum absolute atomic E-state index is 0.0365. The Labute approximate surface area is 204 Å². The van der Waals surface area contributed by atoms with Gasteiger partial charge < -0.3 is 23.1 Å². The zero-order valence-corrected chi connectivity index (χ0v) is 19.1. The number of nitrogens with one attached hydrogen (secondary N) is 1. The SMILES string of the molecule is CC(OC(=O)Nc1c(C#Cc2nc3oc(C4(CO)CC4)nc3o2)oc2ncccc12)c1ccccc1. The molecule has 1 amide bonds. The van der Waals surface area contributed by atoms with Crippen LogP contribution in [0.3, 0.4) is 0 Å². The van der Waals surface area contributed by atoms with Crippen molar-refractivity contribution >= 4 is 34.3 Å². The lowest BCUT2D eigenvalue weighted by molar-refractivity contribution is 0.121. The number of fused-ring (bicyclic) bond motifs is 2. The van der Waals surface area contributed by atoms with Gasteiger partial charge in [0.25, 0.3) is 17.3 Å². The molecule has 1 atom stereocenters. The molecule has 0 spiro atoms. The zero-order chi connectivity index (χ0) is 24.7. The largest absolute Gasteiger partial charge is 0.441 e. The standard InChI is InChI=1S/C26H20N4O6/c1-15(16-6-3-2-4-7-16)33-25(32)29-20-17-8-5-13-27-21(17)34-18(20)9-10-19-28-22-23(35-19)30-24(36-22)26(14-31)11-12-26/h2-8,13,15,31H,11-12,14H2,1H3,(H,29,32). The number of carbonyl (C=O) groups is 1. The van der Waals surface area contributed by atoms with E-state index in [2.05, 4.69) is 32.1 Å². The molecule has 1 aromatic carbocycles. The van der Waals surface area contributed by atoms with Crippen LogP contribution < -0.4 is 5.32 Å². The van der Waals surface area contributed by atoms with Crippen molar-refractivity contribution in [3.8, 4) is 11.8 Å². The average Bonchev–Trinajstić information content (AvgIpc) is 3.27. The molecule has 5 aromatic rings. The second kappa shape index (κ2) is 8.55. The predicted octanol–water partition coefficient (Wildman–Crippen LogP) is 4.69. The van der Waals surface area contributed by atoms with E-state index in [9.17, 15) is 9.90 Å². The maximum Gasteiger partial charge on any atom is 0.412 e. The number of anilines is 1. The van der Waals surface area contributed by atoms with Gasteiger partial charge in [0.2, 0.25) is 17.4 Å². The van der Waals surface area contributed by atoms with E-state index in [1.54, 1.807) is 25.3 Å². The fraction of sp³-hybridized carbons (Fsp3) is 0.231. The van der Waals surface area contributed by atoms with Crippen LogP contribution in [0.25, 0.3) is 22.5 Å². The molecule has 10 nitrogen and oxygen atoms in total. The number of furan rings is 1. The Kier molecular flexibility index (Phi) is 5.20. The van der Waals surface area contributed by atoms with Gasteiger partial charge in [0.1, 0.15) is 11.8 Å². The van der Waals surface area contributed by atoms with Gasteiger partial charge in [-0.25, -0.2) is 9.78 Å². The lowest BCUT2D eigenvalue weighted by Gasteiger charge is -2.13. The number of hydrogen-bond donors (Lipinski definition) is 2. The first-order chi connectivity index (χ1) is 17.5. The quantitative estimate of drug-likeness (QED) is 0.340. The molecule has 4 aromatic heterocycles. The van der Waals surface area contributed by atoms with Crippen LogP contribution in [-0.2, 0) is 10.2 Å². The van der Waals surface area contributed by atoms with Crippen molar-refractivity contribution in [3.05, 3.63) is 71.8 Å². The van der Waals surface area contributed by atoms with Gasteiger partial charge in [0.05, 0.1) is 17.4 Å². The highest BCUT2D eigenvalue weighted by molar-refractivity contribution is 5.99. The Morgan fingerprint density at radius 1 is 1.08 bits per heavy atom. The molecule has 36 heavy (non-hydrogen) atoms. The van der Waals surface area contributed by atoms with Crippen molar-refractivity contribution in [2.24, 2.45) is 0 Å². The number of oxazole rings is 2. The molecule has 180 valence electrons. The number of aliphatic hydroxyl groups excluding tert-OH is 1. The molecule has 4 heterocycles. The van der Waals surface area contributed by atoms with Crippen LogP contribution >= 0.6 is 0 Å². The number of nitrogens with zero attached hydrogens (tertiary/aromatic N) is 3. The third-order valence-corrected chi connectivity index (χ3v) is 6.11. The smallest absolute Gasteiger partial charge is 0.412 e. The Balaban J connectivity index is 1.26. The summed E-state index contributed by atoms with van der Waals surface area (Å²) in [7, 11) is 0. The highest BCUT2D eigenvalue weighted by Crippen LogP contribution is 2.47. The maximum atomic E-state index is 12.7. The van der Waals surface area contributed by atoms with E-state index in [4.69, 9.17) is 18.0 Å². The minimum atomic E-state index is -0.663. The van der Waals surface area contributed by atoms with Gasteiger partial charge in [0, 0.05) is 12.1 Å². The first-order valence-electron chi connectivity index (χ1n) is 11.4. The molecular formula is C26H20N4O6. The molecule has 0 bridgehead atoms. The second-order valence-electron chi connectivity index (χ2n) is 8.58. The molecule has 2 N–H and O–H groups in total. The Morgan fingerprint density at radius 3 is 2.64 bits per heavy atom. The zero-order valence-electron chi connectivity index (χ0n) is 19.1. The Bertz CT molecular complexity index is 1600. The van der Waals surface area contributed by atoms with Crippen molar-refractivity contribution < 1.29 is 27.9 Å². The van der Waals surface area contributed by atoms with Crippen LogP contribution in [0.1, 0.15) is 49.0 Å². The van der Waals surface area contributed by atoms with Crippen molar-refractivity contribution in [2.45, 2.75) is 31.3 Å². The van der Waals surface area contributed by atoms with Gasteiger partial charge in [-0.3, -0.25) is 5.32 Å². The summed E-state index contributed by atoms with van der Waals surface area (Å²) in [6.45, 7) is 1.75. The van der Waals surface area contributed by atoms with Crippen LogP contribution in [0.2, 0.25) is 0 Å². The van der Waals surface area contributed by atoms with E-state index in [1.807, 2.05) is 30.3 Å². The van der Waals surface area contributed by atoms with Crippen LogP contribution in [-0.4, -0.2) is 32.8 Å². The Morgan fingerprint density at radius 2 is 1.89 bits per heavy atom. The van der Waals surface area contributed by atoms with Gasteiger partial charge in [-0.2, -0.15) is 9.97 Å². The van der Waals surface area contributed by atoms with Crippen LogP contribution in [0, 0.1) is 11.8 Å². The van der Waals surface area contributed by atoms with E-state index in [0.29, 0.717) is 22.7 Å². The summed E-state index contributed by atoms with van der Waals surface area (Å²) >= 11 is 0. The van der Waals surface area contributed by atoms with E-state index in [-0.39, 0.29) is 29.7 Å². The molecule has 6 rings (SSSR count). The molecule has 1 fully saturated rings. The normalized spacial score (nSPS) is 14.8. The highest BCUT2D eigenvalue weighted by atomic mass is 16.6. The van der Waals surface area contributed by atoms with Gasteiger partial charge in [-0.15, -0.1) is 0 Å². The molecule has 1 aliphatic rings. The number of rotatable bonds is 5. The van der Waals surface area contributed by atoms with Crippen molar-refractivity contribution in [1.29, 1.82) is 0 Å². The third-order valence-electron chi connectivity index (χ3n) is 6.11. The lowest BCUT2D eigenvalue weighted by atomic mass is 10.1. The second-order valence-corrected chi connectivity index (χ2v) is 8.58. The first-order valence-corrected chi connectivity index (χ1v) is 11.4. The number of benzene rings is 1. The third kappa shape index (κ3) is 3.95. The van der Waals surface area contributed by atoms with Crippen molar-refractivity contribution in [2.75, 3.05) is 11.9 Å². The van der Waals surface area contributed by atoms with Crippen LogP contribution in [0.5, 0.6) is 0 Å². The molecule has 0 aliphatic heterocycles. The summed E-state index contributed by atoms with van der Waals surface area (Å²) in [5.74, 6) is 6.26. The molecule has 0 radical (unpaired) electrons. The van der Waals surface area contributed by atoms with Gasteiger partial charge in [-0.1, -0.05) is 30.3 Å². The summed E-state index contributed by atoms with van der Waals surface area (Å²) < 4.78 is 22.6. The highest BCUT2D eigenvalue weighted by Gasteiger charge is 2.49. The number of carbonyl (C=O) groups excluding carboxylic acids is 1. The van der Waals surface area contributed by atoms with Crippen molar-refractivity contribution in [1.82, 2.24) is 15.0 Å². The van der Waals surface area contributed by atoms with Gasteiger partial charge in [-0.05, 0) is 43.4 Å². The van der Waals surface area contributed by atoms with E-state index in [1.165, 1.54) is 0 Å². The molecule has 0 saturated heterocycles. The average molecular weight is 484 g/mol. The fourth-order valence-corrected chi connectivity index (χ4v) is 3.85. The van der Waals surface area contributed by atoms with Crippen molar-refractivity contribution in [3.63, 3.8) is 0 Å². The molecule has 1 unspecified atom stereocenters. The molecule has 1 saturated carbocycles. The van der Waals surface area contributed by atoms with Gasteiger partial charge >= 0.3 is 6.09 Å². The maximum absolute atomic E-state index is 12.7. The first kappa shape index (κ1) is 21.9.